The first kappa shape index (κ1) is 29.3. The van der Waals surface area contributed by atoms with Gasteiger partial charge in [0.25, 0.3) is 0 Å². The Morgan fingerprint density at radius 3 is 0.769 bits per heavy atom. The van der Waals surface area contributed by atoms with Gasteiger partial charge in [-0.2, -0.15) is 0 Å². The minimum Gasteiger partial charge on any atom is -1.00 e. The van der Waals surface area contributed by atoms with Gasteiger partial charge in [0.15, 0.2) is 0 Å². The summed E-state index contributed by atoms with van der Waals surface area (Å²) in [5, 5.41) is 0. The second-order valence-corrected chi connectivity index (χ2v) is 1.56. The van der Waals surface area contributed by atoms with Gasteiger partial charge in [0.1, 0.15) is 0 Å². The van der Waals surface area contributed by atoms with E-state index in [0.29, 0.717) is 0 Å². The van der Waals surface area contributed by atoms with E-state index in [1.54, 1.807) is 0 Å². The molecule has 0 heterocycles. The summed E-state index contributed by atoms with van der Waals surface area (Å²) in [6.45, 7) is 11.3. The van der Waals surface area contributed by atoms with E-state index in [1.165, 1.54) is 0 Å². The molecule has 0 rings (SSSR count). The zero-order valence-corrected chi connectivity index (χ0v) is 13.7. The number of rotatable bonds is 4. The second kappa shape index (κ2) is 37.3. The van der Waals surface area contributed by atoms with Crippen LogP contribution in [0, 0.1) is 0 Å². The molecule has 13 heavy (non-hydrogen) atoms. The third-order valence-corrected chi connectivity index (χ3v) is 0.816. The Balaban J connectivity index is -0.0000000267. The van der Waals surface area contributed by atoms with Crippen molar-refractivity contribution in [3.8, 4) is 0 Å². The third kappa shape index (κ3) is 58.1. The van der Waals surface area contributed by atoms with Gasteiger partial charge in [0.05, 0.1) is 0 Å². The molecule has 0 saturated heterocycles. The SMILES string of the molecule is CCOCC.CCOCC.[Br-].[Br-].[Mg+2]. The summed E-state index contributed by atoms with van der Waals surface area (Å²) in [7, 11) is 0. The molecule has 0 N–H and O–H groups in total. The molecule has 0 aliphatic heterocycles. The summed E-state index contributed by atoms with van der Waals surface area (Å²) in [4.78, 5) is 0. The van der Waals surface area contributed by atoms with Gasteiger partial charge in [-0.25, -0.2) is 0 Å². The average Bonchev–Trinajstić information content (AvgIpc) is 1.93. The molecule has 5 heteroatoms. The molecule has 0 unspecified atom stereocenters. The van der Waals surface area contributed by atoms with Crippen molar-refractivity contribution < 1.29 is 43.4 Å². The maximum atomic E-state index is 4.83. The van der Waals surface area contributed by atoms with Crippen LogP contribution >= 0.6 is 0 Å². The Morgan fingerprint density at radius 1 is 0.615 bits per heavy atom. The van der Waals surface area contributed by atoms with Crippen LogP contribution in [0.4, 0.5) is 0 Å². The summed E-state index contributed by atoms with van der Waals surface area (Å²) in [5.41, 5.74) is 0. The Morgan fingerprint density at radius 2 is 0.769 bits per heavy atom. The Labute approximate surface area is 120 Å². The Kier molecular flexibility index (Phi) is 84.2. The Bertz CT molecular complexity index is 41.1. The molecule has 0 aromatic heterocycles. The summed E-state index contributed by atoms with van der Waals surface area (Å²) in [6, 6.07) is 0. The van der Waals surface area contributed by atoms with Crippen LogP contribution in [0.15, 0.2) is 0 Å². The van der Waals surface area contributed by atoms with Crippen LogP contribution in [0.2, 0.25) is 0 Å². The molecular weight excluding hydrogens is 312 g/mol. The van der Waals surface area contributed by atoms with Crippen LogP contribution in [0.25, 0.3) is 0 Å². The van der Waals surface area contributed by atoms with Crippen molar-refractivity contribution >= 4 is 23.1 Å². The normalized spacial score (nSPS) is 6.46. The molecule has 0 aromatic carbocycles. The van der Waals surface area contributed by atoms with Gasteiger partial charge in [-0.15, -0.1) is 0 Å². The van der Waals surface area contributed by atoms with E-state index < -0.39 is 0 Å². The smallest absolute Gasteiger partial charge is 1.00 e. The maximum Gasteiger partial charge on any atom is 2.00 e. The van der Waals surface area contributed by atoms with Gasteiger partial charge in [0.2, 0.25) is 0 Å². The molecule has 0 spiro atoms. The van der Waals surface area contributed by atoms with Crippen LogP contribution in [0.5, 0.6) is 0 Å². The fraction of sp³-hybridized carbons (Fsp3) is 1.00. The van der Waals surface area contributed by atoms with Crippen LogP contribution in [-0.2, 0) is 9.47 Å². The van der Waals surface area contributed by atoms with Crippen molar-refractivity contribution in [1.29, 1.82) is 0 Å². The van der Waals surface area contributed by atoms with Gasteiger partial charge in [0, 0.05) is 26.4 Å². The minimum atomic E-state index is 0. The first-order valence-electron chi connectivity index (χ1n) is 3.98. The molecule has 0 aliphatic rings. The van der Waals surface area contributed by atoms with E-state index in [1.807, 2.05) is 27.7 Å². The van der Waals surface area contributed by atoms with Gasteiger partial charge in [-0.05, 0) is 27.7 Å². The van der Waals surface area contributed by atoms with Gasteiger partial charge in [-0.3, -0.25) is 0 Å². The van der Waals surface area contributed by atoms with Crippen LogP contribution in [-0.4, -0.2) is 49.5 Å². The van der Waals surface area contributed by atoms with Crippen molar-refractivity contribution in [3.05, 3.63) is 0 Å². The summed E-state index contributed by atoms with van der Waals surface area (Å²) in [6.07, 6.45) is 0. The zero-order chi connectivity index (χ0) is 8.24. The number of ether oxygens (including phenoxy) is 2. The molecule has 0 aromatic rings. The standard InChI is InChI=1S/2C4H10O.2BrH.Mg/c2*1-3-5-4-2;;;/h2*3-4H2,1-2H3;2*1H;/q;;;;+2/p-2. The number of halogens is 2. The largest absolute Gasteiger partial charge is 2.00 e. The van der Waals surface area contributed by atoms with Crippen LogP contribution in [0.3, 0.4) is 0 Å². The van der Waals surface area contributed by atoms with E-state index in [9.17, 15) is 0 Å². The van der Waals surface area contributed by atoms with Crippen molar-refractivity contribution in [3.63, 3.8) is 0 Å². The van der Waals surface area contributed by atoms with Gasteiger partial charge in [-0.1, -0.05) is 0 Å². The molecule has 0 atom stereocenters. The molecule has 2 nitrogen and oxygen atoms in total. The molecule has 0 saturated carbocycles. The second-order valence-electron chi connectivity index (χ2n) is 1.56. The fourth-order valence-electron chi connectivity index (χ4n) is 0.408. The van der Waals surface area contributed by atoms with Crippen molar-refractivity contribution in [1.82, 2.24) is 0 Å². The quantitative estimate of drug-likeness (QED) is 0.485. The summed E-state index contributed by atoms with van der Waals surface area (Å²) in [5.74, 6) is 0. The minimum absolute atomic E-state index is 0. The number of hydrogen-bond acceptors (Lipinski definition) is 2. The first-order chi connectivity index (χ1) is 4.83. The van der Waals surface area contributed by atoms with Crippen molar-refractivity contribution in [2.75, 3.05) is 26.4 Å². The van der Waals surface area contributed by atoms with E-state index >= 15 is 0 Å². The zero-order valence-electron chi connectivity index (χ0n) is 9.11. The molecule has 0 amide bonds. The van der Waals surface area contributed by atoms with Crippen LogP contribution < -0.4 is 34.0 Å². The molecule has 0 fully saturated rings. The predicted octanol–water partition coefficient (Wildman–Crippen LogP) is -4.29. The van der Waals surface area contributed by atoms with Gasteiger partial charge < -0.3 is 43.4 Å². The molecule has 0 radical (unpaired) electrons. The number of hydrogen-bond donors (Lipinski definition) is 0. The van der Waals surface area contributed by atoms with Crippen LogP contribution in [0.1, 0.15) is 27.7 Å². The molecule has 0 aliphatic carbocycles. The molecular formula is C8H20Br2MgO2. The maximum absolute atomic E-state index is 4.83. The fourth-order valence-corrected chi connectivity index (χ4v) is 0.408. The third-order valence-electron chi connectivity index (χ3n) is 0.816. The molecule has 0 bridgehead atoms. The average molecular weight is 332 g/mol. The van der Waals surface area contributed by atoms with Crippen molar-refractivity contribution in [2.24, 2.45) is 0 Å². The van der Waals surface area contributed by atoms with Gasteiger partial charge >= 0.3 is 23.1 Å². The predicted molar refractivity (Wildman–Crippen MR) is 50.1 cm³/mol. The first-order valence-corrected chi connectivity index (χ1v) is 3.98. The topological polar surface area (TPSA) is 18.5 Å². The van der Waals surface area contributed by atoms with Crippen molar-refractivity contribution in [2.45, 2.75) is 27.7 Å². The Hall–Kier alpha value is 1.65. The van der Waals surface area contributed by atoms with E-state index in [2.05, 4.69) is 0 Å². The van der Waals surface area contributed by atoms with E-state index in [4.69, 9.17) is 9.47 Å². The van der Waals surface area contributed by atoms with E-state index in [0.717, 1.165) is 26.4 Å². The summed E-state index contributed by atoms with van der Waals surface area (Å²) >= 11 is 0. The summed E-state index contributed by atoms with van der Waals surface area (Å²) < 4.78 is 9.67. The monoisotopic (exact) mass is 330 g/mol. The molecule has 80 valence electrons. The van der Waals surface area contributed by atoms with E-state index in [-0.39, 0.29) is 57.0 Å².